The summed E-state index contributed by atoms with van der Waals surface area (Å²) in [4.78, 5) is 0. The van der Waals surface area contributed by atoms with Crippen molar-refractivity contribution < 1.29 is 0 Å². The van der Waals surface area contributed by atoms with E-state index in [1.165, 1.54) is 21.5 Å². The van der Waals surface area contributed by atoms with E-state index in [1.54, 1.807) is 0 Å². The summed E-state index contributed by atoms with van der Waals surface area (Å²) in [7, 11) is 0. The first kappa shape index (κ1) is 21.7. The smallest absolute Gasteiger partial charge is 0.0400 e. The van der Waals surface area contributed by atoms with Crippen LogP contribution in [0.3, 0.4) is 0 Å². The monoisotopic (exact) mass is 456 g/mol. The standard InChI is InChI=1S/C36H24/c1-3-13-27(14-4-1)33(35-23-11-19-29-17-7-9-21-31(29)35)25-26-34(28-15-5-2-6-16-28)36-24-12-20-30-18-8-10-22-32(30)36/h1-24H. The van der Waals surface area contributed by atoms with Crippen molar-refractivity contribution in [3.05, 3.63) is 179 Å². The maximum absolute atomic E-state index is 3.64. The Bertz CT molecular complexity index is 1630. The van der Waals surface area contributed by atoms with Crippen molar-refractivity contribution in [2.45, 2.75) is 0 Å². The van der Waals surface area contributed by atoms with Gasteiger partial charge in [0.05, 0.1) is 0 Å². The molecule has 0 N–H and O–H groups in total. The predicted molar refractivity (Wildman–Crippen MR) is 153 cm³/mol. The summed E-state index contributed by atoms with van der Waals surface area (Å²) in [6.07, 6.45) is 0. The Morgan fingerprint density at radius 3 is 1.14 bits per heavy atom. The third kappa shape index (κ3) is 4.20. The summed E-state index contributed by atoms with van der Waals surface area (Å²) in [5, 5.41) is 4.84. The van der Waals surface area contributed by atoms with Crippen LogP contribution in [0.1, 0.15) is 22.3 Å². The molecule has 6 aromatic carbocycles. The summed E-state index contributed by atoms with van der Waals surface area (Å²) < 4.78 is 0. The van der Waals surface area contributed by atoms with E-state index >= 15 is 0 Å². The van der Waals surface area contributed by atoms with Crippen LogP contribution in [-0.4, -0.2) is 0 Å². The van der Waals surface area contributed by atoms with E-state index in [9.17, 15) is 0 Å². The summed E-state index contributed by atoms with van der Waals surface area (Å²) >= 11 is 0. The lowest BCUT2D eigenvalue weighted by molar-refractivity contribution is 1.57. The normalized spacial score (nSPS) is 10.6. The molecule has 0 bridgehead atoms. The Hall–Kier alpha value is -4.86. The molecule has 0 nitrogen and oxygen atoms in total. The molecule has 0 aliphatic heterocycles. The summed E-state index contributed by atoms with van der Waals surface area (Å²) in [5.41, 5.74) is 13.9. The van der Waals surface area contributed by atoms with Gasteiger partial charge < -0.3 is 0 Å². The van der Waals surface area contributed by atoms with E-state index in [-0.39, 0.29) is 0 Å². The molecule has 0 atom stereocenters. The van der Waals surface area contributed by atoms with Crippen molar-refractivity contribution in [2.75, 3.05) is 0 Å². The maximum Gasteiger partial charge on any atom is 0.0400 e. The van der Waals surface area contributed by atoms with E-state index in [0.717, 1.165) is 33.4 Å². The number of benzene rings is 6. The Balaban J connectivity index is 1.73. The van der Waals surface area contributed by atoms with Crippen LogP contribution in [0.5, 0.6) is 0 Å². The van der Waals surface area contributed by atoms with E-state index in [1.807, 2.05) is 0 Å². The first-order valence-corrected chi connectivity index (χ1v) is 12.2. The molecule has 0 amide bonds. The van der Waals surface area contributed by atoms with Gasteiger partial charge in [-0.1, -0.05) is 157 Å². The summed E-state index contributed by atoms with van der Waals surface area (Å²) in [6.45, 7) is 0. The number of rotatable bonds is 4. The quantitative estimate of drug-likeness (QED) is 0.232. The topological polar surface area (TPSA) is 0 Å². The molecule has 6 rings (SSSR count). The van der Waals surface area contributed by atoms with Crippen molar-refractivity contribution >= 4 is 32.7 Å². The fraction of sp³-hybridized carbons (Fsp3) is 0. The average Bonchev–Trinajstić information content (AvgIpc) is 2.96. The predicted octanol–water partition coefficient (Wildman–Crippen LogP) is 9.31. The molecule has 0 fully saturated rings. The fourth-order valence-corrected chi connectivity index (χ4v) is 4.81. The van der Waals surface area contributed by atoms with Crippen molar-refractivity contribution in [2.24, 2.45) is 0 Å². The highest BCUT2D eigenvalue weighted by molar-refractivity contribution is 5.99. The van der Waals surface area contributed by atoms with Crippen molar-refractivity contribution in [3.63, 3.8) is 0 Å². The van der Waals surface area contributed by atoms with E-state index in [0.29, 0.717) is 0 Å². The third-order valence-corrected chi connectivity index (χ3v) is 6.56. The van der Waals surface area contributed by atoms with E-state index < -0.39 is 0 Å². The molecule has 0 aliphatic rings. The minimum atomic E-state index is 1.03. The Morgan fingerprint density at radius 2 is 0.694 bits per heavy atom. The van der Waals surface area contributed by atoms with Gasteiger partial charge in [-0.3, -0.25) is 0 Å². The van der Waals surface area contributed by atoms with Gasteiger partial charge in [-0.05, 0) is 43.8 Å². The van der Waals surface area contributed by atoms with Gasteiger partial charge in [0.2, 0.25) is 0 Å². The van der Waals surface area contributed by atoms with E-state index in [4.69, 9.17) is 0 Å². The molecule has 0 aliphatic carbocycles. The van der Waals surface area contributed by atoms with Crippen LogP contribution in [0.15, 0.2) is 157 Å². The Kier molecular flexibility index (Phi) is 5.89. The molecule has 0 unspecified atom stereocenters. The zero-order valence-corrected chi connectivity index (χ0v) is 19.9. The largest absolute Gasteiger partial charge is 0.0622 e. The molecule has 36 heavy (non-hydrogen) atoms. The number of fused-ring (bicyclic) bond motifs is 2. The molecule has 0 radical (unpaired) electrons. The van der Waals surface area contributed by atoms with E-state index in [2.05, 4.69) is 157 Å². The second-order valence-electron chi connectivity index (χ2n) is 8.79. The van der Waals surface area contributed by atoms with Gasteiger partial charge in [0.1, 0.15) is 0 Å². The molecule has 0 saturated heterocycles. The van der Waals surface area contributed by atoms with Crippen molar-refractivity contribution in [3.8, 4) is 0 Å². The Labute approximate surface area is 211 Å². The third-order valence-electron chi connectivity index (χ3n) is 6.56. The van der Waals surface area contributed by atoms with Crippen LogP contribution in [0.4, 0.5) is 0 Å². The zero-order chi connectivity index (χ0) is 24.2. The van der Waals surface area contributed by atoms with Crippen LogP contribution < -0.4 is 0 Å². The molecule has 0 heteroatoms. The van der Waals surface area contributed by atoms with Gasteiger partial charge in [-0.25, -0.2) is 0 Å². The minimum absolute atomic E-state index is 1.03. The number of hydrogen-bond donors (Lipinski definition) is 0. The molecule has 6 aromatic rings. The highest BCUT2D eigenvalue weighted by Gasteiger charge is 2.10. The number of hydrogen-bond acceptors (Lipinski definition) is 0. The highest BCUT2D eigenvalue weighted by Crippen LogP contribution is 2.31. The van der Waals surface area contributed by atoms with Gasteiger partial charge in [-0.15, -0.1) is 0 Å². The van der Waals surface area contributed by atoms with Gasteiger partial charge >= 0.3 is 0 Å². The highest BCUT2D eigenvalue weighted by atomic mass is 14.1. The molecule has 0 heterocycles. The molecule has 0 aromatic heterocycles. The fourth-order valence-electron chi connectivity index (χ4n) is 4.81. The van der Waals surface area contributed by atoms with Gasteiger partial charge in [0.15, 0.2) is 0 Å². The molecular formula is C36H24. The summed E-state index contributed by atoms with van der Waals surface area (Å²) in [6, 6.07) is 51.0. The second kappa shape index (κ2) is 9.79. The van der Waals surface area contributed by atoms with Gasteiger partial charge in [-0.2, -0.15) is 0 Å². The van der Waals surface area contributed by atoms with Crippen LogP contribution in [0.2, 0.25) is 0 Å². The summed E-state index contributed by atoms with van der Waals surface area (Å²) in [5.74, 6) is 0. The molecular weight excluding hydrogens is 432 g/mol. The lowest BCUT2D eigenvalue weighted by Gasteiger charge is -2.10. The van der Waals surface area contributed by atoms with Crippen molar-refractivity contribution in [1.82, 2.24) is 0 Å². The second-order valence-corrected chi connectivity index (χ2v) is 8.79. The van der Waals surface area contributed by atoms with Crippen LogP contribution in [-0.2, 0) is 0 Å². The first-order valence-electron chi connectivity index (χ1n) is 12.2. The maximum atomic E-state index is 3.64. The van der Waals surface area contributed by atoms with Crippen LogP contribution in [0, 0.1) is 0 Å². The lowest BCUT2D eigenvalue weighted by Crippen LogP contribution is -1.90. The van der Waals surface area contributed by atoms with Crippen molar-refractivity contribution in [1.29, 1.82) is 0 Å². The minimum Gasteiger partial charge on any atom is -0.0622 e. The average molecular weight is 457 g/mol. The van der Waals surface area contributed by atoms with Crippen LogP contribution in [0.25, 0.3) is 32.7 Å². The van der Waals surface area contributed by atoms with Gasteiger partial charge in [0.25, 0.3) is 0 Å². The lowest BCUT2D eigenvalue weighted by atomic mass is 9.92. The molecule has 168 valence electrons. The Morgan fingerprint density at radius 1 is 0.333 bits per heavy atom. The first-order chi connectivity index (χ1) is 17.9. The molecule has 0 spiro atoms. The molecule has 0 saturated carbocycles. The van der Waals surface area contributed by atoms with Gasteiger partial charge in [0, 0.05) is 11.1 Å². The zero-order valence-electron chi connectivity index (χ0n) is 19.9. The van der Waals surface area contributed by atoms with Crippen LogP contribution >= 0.6 is 0 Å². The SMILES string of the molecule is C(=C=C(c1ccccc1)c1cccc2ccccc12)=C(c1ccccc1)c1cccc2ccccc12.